The van der Waals surface area contributed by atoms with Crippen molar-refractivity contribution >= 4 is 61.0 Å². The molecule has 14 heteroatoms. The number of methoxy groups -OCH3 is 1. The summed E-state index contributed by atoms with van der Waals surface area (Å²) in [6.07, 6.45) is -5.97. The fraction of sp³-hybridized carbons (Fsp3) is 0.625. The van der Waals surface area contributed by atoms with Crippen molar-refractivity contribution in [2.45, 2.75) is 86.9 Å². The molecular weight excluding hydrogens is 581 g/mol. The van der Waals surface area contributed by atoms with Gasteiger partial charge in [0.05, 0.1) is 6.61 Å². The average molecular weight is 615 g/mol. The molecule has 2 rings (SSSR count). The number of benzene rings is 1. The Labute approximate surface area is 238 Å². The van der Waals surface area contributed by atoms with Gasteiger partial charge in [0, 0.05) is 14.0 Å². The SMILES string of the molecule is CO[C@H]1O[C@@H](C(=O)OOC(=N)C(Cl)(Cl)Cl)[C@@H](O[Si](C)(C)C(C)(C)C)[C@H](OCc2ccccc2)[C@H]1OC(C)=O. The van der Waals surface area contributed by atoms with Gasteiger partial charge >= 0.3 is 11.9 Å². The molecular formula is C24H34Cl3NO9Si. The quantitative estimate of drug-likeness (QED) is 0.0811. The summed E-state index contributed by atoms with van der Waals surface area (Å²) in [4.78, 5) is 34.7. The van der Waals surface area contributed by atoms with Gasteiger partial charge in [-0.2, -0.15) is 0 Å². The molecule has 1 N–H and O–H groups in total. The van der Waals surface area contributed by atoms with Gasteiger partial charge in [-0.05, 0) is 23.7 Å². The Kier molecular flexibility index (Phi) is 11.4. The Hall–Kier alpha value is -1.44. The molecule has 1 aliphatic rings. The summed E-state index contributed by atoms with van der Waals surface area (Å²) in [5.41, 5.74) is 0.833. The van der Waals surface area contributed by atoms with Crippen LogP contribution in [0.2, 0.25) is 18.1 Å². The molecule has 0 saturated carbocycles. The molecule has 1 fully saturated rings. The molecule has 0 unspecified atom stereocenters. The van der Waals surface area contributed by atoms with Crippen molar-refractivity contribution in [2.75, 3.05) is 7.11 Å². The Bertz CT molecular complexity index is 969. The molecule has 0 bridgehead atoms. The van der Waals surface area contributed by atoms with Crippen LogP contribution in [-0.2, 0) is 49.3 Å². The highest BCUT2D eigenvalue weighted by molar-refractivity contribution is 6.76. The molecule has 1 aromatic carbocycles. The Morgan fingerprint density at radius 1 is 1.03 bits per heavy atom. The number of alkyl halides is 3. The Morgan fingerprint density at radius 3 is 2.13 bits per heavy atom. The first-order valence-electron chi connectivity index (χ1n) is 11.7. The maximum atomic E-state index is 13.2. The van der Waals surface area contributed by atoms with Crippen molar-refractivity contribution in [1.29, 1.82) is 5.41 Å². The van der Waals surface area contributed by atoms with Crippen molar-refractivity contribution in [3.8, 4) is 0 Å². The fourth-order valence-electron chi connectivity index (χ4n) is 3.29. The van der Waals surface area contributed by atoms with Crippen LogP contribution >= 0.6 is 34.8 Å². The van der Waals surface area contributed by atoms with E-state index in [-0.39, 0.29) is 11.6 Å². The second-order valence-electron chi connectivity index (χ2n) is 10.2. The second-order valence-corrected chi connectivity index (χ2v) is 17.2. The third-order valence-corrected chi connectivity index (χ3v) is 11.2. The predicted octanol–water partition coefficient (Wildman–Crippen LogP) is 5.09. The first-order valence-corrected chi connectivity index (χ1v) is 15.7. The number of nitrogens with one attached hydrogen (secondary N) is 1. The predicted molar refractivity (Wildman–Crippen MR) is 144 cm³/mol. The van der Waals surface area contributed by atoms with Crippen LogP contribution < -0.4 is 0 Å². The standard InChI is InChI=1S/C24H34Cl3NO9Si/c1-14(29)33-19-16(32-13-15-11-9-8-10-12-15)17(37-38(6,7)23(2,3)4)18(34-21(19)31-5)20(30)35-36-22(28)24(25,26)27/h8-12,16-19,21,28H,13H2,1-7H3/t16-,17-,18+,19+,21-/m0/s1. The lowest BCUT2D eigenvalue weighted by molar-refractivity contribution is -0.309. The summed E-state index contributed by atoms with van der Waals surface area (Å²) in [6.45, 7) is 11.3. The van der Waals surface area contributed by atoms with E-state index in [1.165, 1.54) is 14.0 Å². The number of halogens is 3. The van der Waals surface area contributed by atoms with Crippen LogP contribution in [-0.4, -0.2) is 67.8 Å². The van der Waals surface area contributed by atoms with E-state index in [1.807, 2.05) is 64.2 Å². The largest absolute Gasteiger partial charge is 0.454 e. The normalized spacial score (nSPS) is 24.4. The molecule has 0 aromatic heterocycles. The van der Waals surface area contributed by atoms with Gasteiger partial charge in [-0.15, -0.1) is 0 Å². The average Bonchev–Trinajstić information content (AvgIpc) is 2.80. The van der Waals surface area contributed by atoms with E-state index in [2.05, 4.69) is 4.89 Å². The molecule has 1 heterocycles. The first kappa shape index (κ1) is 32.8. The summed E-state index contributed by atoms with van der Waals surface area (Å²) in [5.74, 6) is -2.64. The summed E-state index contributed by atoms with van der Waals surface area (Å²) in [7, 11) is -1.28. The van der Waals surface area contributed by atoms with Gasteiger partial charge in [0.15, 0.2) is 26.8 Å². The summed E-state index contributed by atoms with van der Waals surface area (Å²) in [5, 5.41) is 7.36. The maximum absolute atomic E-state index is 13.2. The molecule has 1 saturated heterocycles. The van der Waals surface area contributed by atoms with Crippen LogP contribution in [0.3, 0.4) is 0 Å². The van der Waals surface area contributed by atoms with Crippen molar-refractivity contribution in [3.05, 3.63) is 35.9 Å². The molecule has 1 aromatic rings. The van der Waals surface area contributed by atoms with E-state index in [1.54, 1.807) is 0 Å². The van der Waals surface area contributed by atoms with Crippen LogP contribution in [0.15, 0.2) is 30.3 Å². The molecule has 0 radical (unpaired) electrons. The number of hydrogen-bond acceptors (Lipinski definition) is 10. The zero-order chi connectivity index (χ0) is 28.9. The van der Waals surface area contributed by atoms with Crippen molar-refractivity contribution < 1.29 is 42.7 Å². The third-order valence-electron chi connectivity index (χ3n) is 6.25. The lowest BCUT2D eigenvalue weighted by Crippen LogP contribution is -2.65. The van der Waals surface area contributed by atoms with Crippen molar-refractivity contribution in [3.63, 3.8) is 0 Å². The highest BCUT2D eigenvalue weighted by Crippen LogP contribution is 2.41. The van der Waals surface area contributed by atoms with E-state index in [4.69, 9.17) is 68.5 Å². The molecule has 5 atom stereocenters. The lowest BCUT2D eigenvalue weighted by atomic mass is 9.98. The first-order chi connectivity index (χ1) is 17.5. The summed E-state index contributed by atoms with van der Waals surface area (Å²) < 4.78 is 27.4. The van der Waals surface area contributed by atoms with Crippen LogP contribution in [0.1, 0.15) is 33.3 Å². The van der Waals surface area contributed by atoms with E-state index in [0.717, 1.165) is 5.56 Å². The lowest BCUT2D eigenvalue weighted by Gasteiger charge is -2.48. The van der Waals surface area contributed by atoms with Crippen LogP contribution in [0.25, 0.3) is 0 Å². The highest BCUT2D eigenvalue weighted by Gasteiger charge is 2.56. The van der Waals surface area contributed by atoms with Crippen LogP contribution in [0, 0.1) is 5.41 Å². The number of hydrogen-bond donors (Lipinski definition) is 1. The van der Waals surface area contributed by atoms with Gasteiger partial charge in [-0.1, -0.05) is 85.9 Å². The number of carbonyl (C=O) groups excluding carboxylic acids is 2. The number of ether oxygens (including phenoxy) is 4. The van der Waals surface area contributed by atoms with Crippen LogP contribution in [0.4, 0.5) is 0 Å². The maximum Gasteiger partial charge on any atom is 0.386 e. The Morgan fingerprint density at radius 2 is 1.63 bits per heavy atom. The van der Waals surface area contributed by atoms with E-state index >= 15 is 0 Å². The monoisotopic (exact) mass is 613 g/mol. The van der Waals surface area contributed by atoms with Crippen molar-refractivity contribution in [1.82, 2.24) is 0 Å². The van der Waals surface area contributed by atoms with E-state index < -0.39 is 60.7 Å². The van der Waals surface area contributed by atoms with Gasteiger partial charge in [0.2, 0.25) is 0 Å². The minimum atomic E-state index is -2.60. The zero-order valence-corrected chi connectivity index (χ0v) is 25.6. The molecule has 214 valence electrons. The number of carbonyl (C=O) groups is 2. The molecule has 0 amide bonds. The van der Waals surface area contributed by atoms with Gasteiger partial charge in [0.1, 0.15) is 12.2 Å². The molecule has 38 heavy (non-hydrogen) atoms. The molecule has 0 aliphatic carbocycles. The zero-order valence-electron chi connectivity index (χ0n) is 22.3. The molecule has 10 nitrogen and oxygen atoms in total. The third kappa shape index (κ3) is 8.78. The van der Waals surface area contributed by atoms with Gasteiger partial charge in [0.25, 0.3) is 9.69 Å². The van der Waals surface area contributed by atoms with Crippen molar-refractivity contribution in [2.24, 2.45) is 0 Å². The van der Waals surface area contributed by atoms with Gasteiger partial charge in [-0.3, -0.25) is 15.1 Å². The van der Waals surface area contributed by atoms with Gasteiger partial charge < -0.3 is 23.4 Å². The van der Waals surface area contributed by atoms with E-state index in [9.17, 15) is 9.59 Å². The van der Waals surface area contributed by atoms with Gasteiger partial charge in [-0.25, -0.2) is 9.68 Å². The van der Waals surface area contributed by atoms with Crippen LogP contribution in [0.5, 0.6) is 0 Å². The molecule has 0 spiro atoms. The number of rotatable bonds is 8. The molecule has 1 aliphatic heterocycles. The summed E-state index contributed by atoms with van der Waals surface area (Å²) >= 11 is 16.8. The minimum Gasteiger partial charge on any atom is -0.454 e. The second kappa shape index (κ2) is 13.3. The Balaban J connectivity index is 2.50. The number of esters is 1. The fourth-order valence-corrected chi connectivity index (χ4v) is 4.67. The topological polar surface area (TPSA) is 123 Å². The minimum absolute atomic E-state index is 0.104. The summed E-state index contributed by atoms with van der Waals surface area (Å²) in [6, 6.07) is 9.29. The smallest absolute Gasteiger partial charge is 0.386 e. The van der Waals surface area contributed by atoms with E-state index in [0.29, 0.717) is 0 Å². The highest BCUT2D eigenvalue weighted by atomic mass is 35.6.